The molecule has 0 aliphatic heterocycles. The van der Waals surface area contributed by atoms with Crippen LogP contribution in [0.25, 0.3) is 0 Å². The lowest BCUT2D eigenvalue weighted by Crippen LogP contribution is -2.43. The molecule has 3 aliphatic rings. The van der Waals surface area contributed by atoms with E-state index in [1.807, 2.05) is 0 Å². The van der Waals surface area contributed by atoms with Gasteiger partial charge in [0.2, 0.25) is 0 Å². The van der Waals surface area contributed by atoms with Crippen molar-refractivity contribution in [3.05, 3.63) is 35.9 Å². The Bertz CT molecular complexity index is 368. The fraction of sp³-hybridized carbons (Fsp3) is 0.625. The molecule has 0 nitrogen and oxygen atoms in total. The van der Waals surface area contributed by atoms with Crippen LogP contribution in [0.15, 0.2) is 30.3 Å². The van der Waals surface area contributed by atoms with E-state index in [0.29, 0.717) is 10.8 Å². The van der Waals surface area contributed by atoms with E-state index >= 15 is 0 Å². The van der Waals surface area contributed by atoms with Crippen LogP contribution >= 0.6 is 0 Å². The summed E-state index contributed by atoms with van der Waals surface area (Å²) in [4.78, 5) is 0. The fourth-order valence-electron chi connectivity index (χ4n) is 3.92. The first-order valence-corrected chi connectivity index (χ1v) is 6.66. The van der Waals surface area contributed by atoms with Gasteiger partial charge in [0.15, 0.2) is 0 Å². The summed E-state index contributed by atoms with van der Waals surface area (Å²) in [5, 5.41) is 0. The smallest absolute Gasteiger partial charge is 0.0103 e. The first-order chi connectivity index (χ1) is 7.61. The Morgan fingerprint density at radius 3 is 2.19 bits per heavy atom. The van der Waals surface area contributed by atoms with Crippen molar-refractivity contribution in [1.29, 1.82) is 0 Å². The van der Waals surface area contributed by atoms with Crippen LogP contribution in [0.4, 0.5) is 0 Å². The Labute approximate surface area is 99.1 Å². The lowest BCUT2D eigenvalue weighted by atomic mass is 9.49. The summed E-state index contributed by atoms with van der Waals surface area (Å²) < 4.78 is 0. The molecule has 0 amide bonds. The van der Waals surface area contributed by atoms with Gasteiger partial charge < -0.3 is 0 Å². The van der Waals surface area contributed by atoms with Gasteiger partial charge in [-0.1, -0.05) is 44.2 Å². The fourth-order valence-corrected chi connectivity index (χ4v) is 3.92. The monoisotopic (exact) mass is 214 g/mol. The van der Waals surface area contributed by atoms with E-state index in [2.05, 4.69) is 44.2 Å². The normalized spacial score (nSPS) is 42.2. The number of hydrogen-bond acceptors (Lipinski definition) is 0. The van der Waals surface area contributed by atoms with Gasteiger partial charge in [-0.2, -0.15) is 0 Å². The number of hydrogen-bond donors (Lipinski definition) is 0. The second kappa shape index (κ2) is 3.35. The minimum atomic E-state index is 0.582. The molecular weight excluding hydrogens is 192 g/mol. The zero-order chi connectivity index (χ0) is 11.2. The van der Waals surface area contributed by atoms with Crippen LogP contribution in [0.5, 0.6) is 0 Å². The molecule has 1 unspecified atom stereocenters. The standard InChI is InChI=1S/C16H22/c1-15-8-10-16(2,11-9-15)14(12-15)13-6-4-3-5-7-13/h3-7,14H,8-12H2,1-2H3. The summed E-state index contributed by atoms with van der Waals surface area (Å²) >= 11 is 0. The molecule has 16 heavy (non-hydrogen) atoms. The van der Waals surface area contributed by atoms with Crippen molar-refractivity contribution >= 4 is 0 Å². The Kier molecular flexibility index (Phi) is 2.18. The number of benzene rings is 1. The van der Waals surface area contributed by atoms with Crippen LogP contribution in [-0.4, -0.2) is 0 Å². The summed E-state index contributed by atoms with van der Waals surface area (Å²) in [6.45, 7) is 5.02. The van der Waals surface area contributed by atoms with Crippen molar-refractivity contribution in [3.63, 3.8) is 0 Å². The molecular formula is C16H22. The molecule has 0 heteroatoms. The van der Waals surface area contributed by atoms with E-state index in [4.69, 9.17) is 0 Å². The summed E-state index contributed by atoms with van der Waals surface area (Å²) in [6, 6.07) is 11.2. The van der Waals surface area contributed by atoms with E-state index in [1.54, 1.807) is 5.56 Å². The topological polar surface area (TPSA) is 0 Å². The zero-order valence-electron chi connectivity index (χ0n) is 10.5. The van der Waals surface area contributed by atoms with Crippen molar-refractivity contribution in [2.75, 3.05) is 0 Å². The van der Waals surface area contributed by atoms with E-state index in [9.17, 15) is 0 Å². The maximum Gasteiger partial charge on any atom is -0.0103 e. The van der Waals surface area contributed by atoms with Crippen molar-refractivity contribution in [3.8, 4) is 0 Å². The molecule has 86 valence electrons. The summed E-state index contributed by atoms with van der Waals surface area (Å²) in [5.74, 6) is 0.807. The van der Waals surface area contributed by atoms with Gasteiger partial charge in [0, 0.05) is 0 Å². The minimum Gasteiger partial charge on any atom is -0.0622 e. The van der Waals surface area contributed by atoms with Crippen LogP contribution in [-0.2, 0) is 0 Å². The second-order valence-corrected chi connectivity index (χ2v) is 6.63. The predicted octanol–water partition coefficient (Wildman–Crippen LogP) is 4.76. The van der Waals surface area contributed by atoms with Gasteiger partial charge in [0.25, 0.3) is 0 Å². The molecule has 0 N–H and O–H groups in total. The van der Waals surface area contributed by atoms with Crippen molar-refractivity contribution in [2.45, 2.75) is 51.9 Å². The van der Waals surface area contributed by atoms with E-state index in [0.717, 1.165) is 5.92 Å². The number of rotatable bonds is 1. The van der Waals surface area contributed by atoms with Gasteiger partial charge in [-0.05, 0) is 54.4 Å². The Balaban J connectivity index is 1.96. The van der Waals surface area contributed by atoms with E-state index < -0.39 is 0 Å². The van der Waals surface area contributed by atoms with Crippen LogP contribution in [0.1, 0.15) is 57.4 Å². The Hall–Kier alpha value is -0.780. The second-order valence-electron chi connectivity index (χ2n) is 6.63. The summed E-state index contributed by atoms with van der Waals surface area (Å²) in [7, 11) is 0. The number of fused-ring (bicyclic) bond motifs is 3. The quantitative estimate of drug-likeness (QED) is 0.632. The highest BCUT2D eigenvalue weighted by Gasteiger charge is 2.49. The van der Waals surface area contributed by atoms with Crippen LogP contribution in [0.3, 0.4) is 0 Å². The largest absolute Gasteiger partial charge is 0.0622 e. The molecule has 0 radical (unpaired) electrons. The van der Waals surface area contributed by atoms with E-state index in [-0.39, 0.29) is 0 Å². The van der Waals surface area contributed by atoms with Crippen molar-refractivity contribution < 1.29 is 0 Å². The summed E-state index contributed by atoms with van der Waals surface area (Å²) in [5.41, 5.74) is 2.80. The SMILES string of the molecule is CC12CCC(C)(CC1)C(c1ccccc1)C2. The van der Waals surface area contributed by atoms with Gasteiger partial charge >= 0.3 is 0 Å². The summed E-state index contributed by atoms with van der Waals surface area (Å²) in [6.07, 6.45) is 7.18. The Morgan fingerprint density at radius 1 is 0.938 bits per heavy atom. The van der Waals surface area contributed by atoms with Gasteiger partial charge in [0.1, 0.15) is 0 Å². The highest BCUT2D eigenvalue weighted by molar-refractivity contribution is 5.25. The third kappa shape index (κ3) is 1.50. The van der Waals surface area contributed by atoms with E-state index in [1.165, 1.54) is 32.1 Å². The minimum absolute atomic E-state index is 0.582. The van der Waals surface area contributed by atoms with Crippen LogP contribution in [0, 0.1) is 10.8 Å². The predicted molar refractivity (Wildman–Crippen MR) is 68.5 cm³/mol. The molecule has 1 aromatic carbocycles. The maximum atomic E-state index is 2.52. The molecule has 1 aromatic rings. The van der Waals surface area contributed by atoms with Crippen LogP contribution < -0.4 is 0 Å². The maximum absolute atomic E-state index is 2.52. The highest BCUT2D eigenvalue weighted by Crippen LogP contribution is 2.62. The average molecular weight is 214 g/mol. The first-order valence-electron chi connectivity index (χ1n) is 6.66. The molecule has 3 fully saturated rings. The molecule has 1 atom stereocenters. The lowest BCUT2D eigenvalue weighted by Gasteiger charge is -2.56. The van der Waals surface area contributed by atoms with Crippen molar-refractivity contribution in [2.24, 2.45) is 10.8 Å². The highest BCUT2D eigenvalue weighted by atomic mass is 14.5. The van der Waals surface area contributed by atoms with Gasteiger partial charge in [-0.3, -0.25) is 0 Å². The zero-order valence-corrected chi connectivity index (χ0v) is 10.5. The molecule has 0 saturated heterocycles. The Morgan fingerprint density at radius 2 is 1.56 bits per heavy atom. The molecule has 0 aromatic heterocycles. The van der Waals surface area contributed by atoms with Gasteiger partial charge in [-0.15, -0.1) is 0 Å². The molecule has 3 aliphatic carbocycles. The average Bonchev–Trinajstić information content (AvgIpc) is 2.32. The molecule has 2 bridgehead atoms. The first kappa shape index (κ1) is 10.4. The molecule has 0 heterocycles. The molecule has 0 spiro atoms. The molecule has 4 rings (SSSR count). The van der Waals surface area contributed by atoms with Gasteiger partial charge in [0.05, 0.1) is 0 Å². The molecule has 3 saturated carbocycles. The van der Waals surface area contributed by atoms with Crippen molar-refractivity contribution in [1.82, 2.24) is 0 Å². The van der Waals surface area contributed by atoms with Crippen LogP contribution in [0.2, 0.25) is 0 Å². The third-order valence-electron chi connectivity index (χ3n) is 5.34. The van der Waals surface area contributed by atoms with Gasteiger partial charge in [-0.25, -0.2) is 0 Å². The third-order valence-corrected chi connectivity index (χ3v) is 5.34. The lowest BCUT2D eigenvalue weighted by molar-refractivity contribution is -0.00796.